The summed E-state index contributed by atoms with van der Waals surface area (Å²) in [5, 5.41) is 4.94. The zero-order valence-corrected chi connectivity index (χ0v) is 57.7. The van der Waals surface area contributed by atoms with Crippen molar-refractivity contribution in [3.63, 3.8) is 0 Å². The molecule has 19 aromatic rings. The normalized spacial score (nSPS) is 11.4. The number of hydrogen-bond acceptors (Lipinski definition) is 1. The van der Waals surface area contributed by atoms with Crippen LogP contribution in [0.15, 0.2) is 419 Å². The average molecular weight is 1340 g/mol. The van der Waals surface area contributed by atoms with E-state index in [2.05, 4.69) is 433 Å². The van der Waals surface area contributed by atoms with Gasteiger partial charge in [-0.05, 0) is 220 Å². The van der Waals surface area contributed by atoms with Crippen molar-refractivity contribution in [1.82, 2.24) is 9.13 Å². The highest BCUT2D eigenvalue weighted by Crippen LogP contribution is 2.43. The highest BCUT2D eigenvalue weighted by Gasteiger charge is 2.19. The Morgan fingerprint density at radius 2 is 0.333 bits per heavy atom. The van der Waals surface area contributed by atoms with Gasteiger partial charge in [-0.1, -0.05) is 309 Å². The van der Waals surface area contributed by atoms with Gasteiger partial charge in [0.1, 0.15) is 0 Å². The molecule has 0 radical (unpaired) electrons. The first kappa shape index (κ1) is 62.2. The second kappa shape index (κ2) is 26.9. The summed E-state index contributed by atoms with van der Waals surface area (Å²) in [4.78, 5) is 2.35. The second-order valence-corrected chi connectivity index (χ2v) is 27.2. The second-order valence-electron chi connectivity index (χ2n) is 27.2. The van der Waals surface area contributed by atoms with Gasteiger partial charge in [0, 0.05) is 50.0 Å². The third-order valence-electron chi connectivity index (χ3n) is 21.0. The van der Waals surface area contributed by atoms with Crippen molar-refractivity contribution < 1.29 is 0 Å². The quantitative estimate of drug-likeness (QED) is 0.0997. The van der Waals surface area contributed by atoms with Gasteiger partial charge in [-0.3, -0.25) is 0 Å². The minimum Gasteiger partial charge on any atom is -0.311 e. The number of rotatable bonds is 15. The molecule has 0 aliphatic carbocycles. The molecule has 2 aromatic heterocycles. The van der Waals surface area contributed by atoms with Crippen molar-refractivity contribution in [2.45, 2.75) is 0 Å². The van der Waals surface area contributed by atoms with Crippen LogP contribution < -0.4 is 4.90 Å². The molecule has 0 unspecified atom stereocenters. The van der Waals surface area contributed by atoms with Gasteiger partial charge in [-0.25, -0.2) is 0 Å². The molecule has 0 spiro atoms. The van der Waals surface area contributed by atoms with Gasteiger partial charge in [-0.15, -0.1) is 0 Å². The summed E-state index contributed by atoms with van der Waals surface area (Å²) in [5.74, 6) is 0. The number of hydrogen-bond donors (Lipinski definition) is 0. The molecular formula is C102H69N3. The molecule has 105 heavy (non-hydrogen) atoms. The zero-order chi connectivity index (χ0) is 69.6. The van der Waals surface area contributed by atoms with Crippen molar-refractivity contribution in [1.29, 1.82) is 0 Å². The smallest absolute Gasteiger partial charge is 0.0541 e. The van der Waals surface area contributed by atoms with Crippen LogP contribution in [0.2, 0.25) is 0 Å². The number of fused-ring (bicyclic) bond motifs is 6. The van der Waals surface area contributed by atoms with E-state index in [1.807, 2.05) is 0 Å². The van der Waals surface area contributed by atoms with E-state index in [4.69, 9.17) is 0 Å². The lowest BCUT2D eigenvalue weighted by Gasteiger charge is -2.26. The molecule has 0 fully saturated rings. The van der Waals surface area contributed by atoms with E-state index in [1.165, 1.54) is 144 Å². The largest absolute Gasteiger partial charge is 0.311 e. The monoisotopic (exact) mass is 1340 g/mol. The molecule has 0 amide bonds. The molecule has 0 atom stereocenters. The van der Waals surface area contributed by atoms with E-state index < -0.39 is 0 Å². The fourth-order valence-corrected chi connectivity index (χ4v) is 15.5. The predicted octanol–water partition coefficient (Wildman–Crippen LogP) is 28.0. The molecule has 3 nitrogen and oxygen atoms in total. The Morgan fingerprint density at radius 3 is 0.638 bits per heavy atom. The van der Waals surface area contributed by atoms with E-state index in [-0.39, 0.29) is 0 Å². The Bertz CT molecular complexity index is 6210. The third-order valence-corrected chi connectivity index (χ3v) is 21.0. The molecule has 0 aliphatic heterocycles. The average Bonchev–Trinajstić information content (AvgIpc) is 1.59. The summed E-state index contributed by atoms with van der Waals surface area (Å²) in [6.07, 6.45) is 0. The van der Waals surface area contributed by atoms with Crippen LogP contribution in [0.25, 0.3) is 166 Å². The standard InChI is InChI=1S/C102H69N3/c1-4-16-70(17-5-1)73-30-34-75(35-31-73)79-42-54-90(55-43-79)103(91-56-44-80(45-57-91)76-36-32-74(33-37-76)71-18-6-2-7-19-71)92-58-46-81(47-59-92)77-38-40-82(41-39-77)84-22-14-24-86(66-84)87-25-15-23-85(67-87)83-50-62-94(63-51-83)105-100-29-13-11-27-96(100)98-69-89(53-65-102(98)105)88-52-64-101-97(68-88)95-26-10-12-28-99(95)104(101)93-60-48-78(49-61-93)72-20-8-3-9-21-72/h1-69H. The maximum atomic E-state index is 2.42. The van der Waals surface area contributed by atoms with E-state index in [9.17, 15) is 0 Å². The molecule has 3 heteroatoms. The van der Waals surface area contributed by atoms with Crippen LogP contribution in [-0.4, -0.2) is 9.13 Å². The Balaban J connectivity index is 0.563. The first-order valence-electron chi connectivity index (χ1n) is 36.1. The van der Waals surface area contributed by atoms with E-state index in [0.29, 0.717) is 0 Å². The number of nitrogens with zero attached hydrogens (tertiary/aromatic N) is 3. The van der Waals surface area contributed by atoms with Crippen LogP contribution in [0.4, 0.5) is 17.1 Å². The number of para-hydroxylation sites is 2. The van der Waals surface area contributed by atoms with Crippen molar-refractivity contribution in [2.75, 3.05) is 4.90 Å². The molecule has 19 rings (SSSR count). The summed E-state index contributed by atoms with van der Waals surface area (Å²) in [7, 11) is 0. The molecule has 17 aromatic carbocycles. The Hall–Kier alpha value is -13.9. The summed E-state index contributed by atoms with van der Waals surface area (Å²) < 4.78 is 4.82. The Morgan fingerprint density at radius 1 is 0.133 bits per heavy atom. The van der Waals surface area contributed by atoms with Gasteiger partial charge in [0.25, 0.3) is 0 Å². The van der Waals surface area contributed by atoms with Crippen LogP contribution in [0.5, 0.6) is 0 Å². The maximum Gasteiger partial charge on any atom is 0.0541 e. The lowest BCUT2D eigenvalue weighted by atomic mass is 9.95. The van der Waals surface area contributed by atoms with Crippen LogP contribution in [-0.2, 0) is 0 Å². The Kier molecular flexibility index (Phi) is 15.9. The van der Waals surface area contributed by atoms with Gasteiger partial charge >= 0.3 is 0 Å². The minimum absolute atomic E-state index is 1.08. The van der Waals surface area contributed by atoms with Gasteiger partial charge < -0.3 is 14.0 Å². The summed E-state index contributed by atoms with van der Waals surface area (Å²) in [5.41, 5.74) is 34.0. The maximum absolute atomic E-state index is 2.42. The van der Waals surface area contributed by atoms with Crippen molar-refractivity contribution in [3.8, 4) is 123 Å². The molecule has 0 saturated heterocycles. The summed E-state index contributed by atoms with van der Waals surface area (Å²) in [6, 6.07) is 153. The van der Waals surface area contributed by atoms with Crippen LogP contribution >= 0.6 is 0 Å². The van der Waals surface area contributed by atoms with Gasteiger partial charge in [0.15, 0.2) is 0 Å². The molecule has 492 valence electrons. The zero-order valence-electron chi connectivity index (χ0n) is 57.7. The summed E-state index contributed by atoms with van der Waals surface area (Å²) >= 11 is 0. The van der Waals surface area contributed by atoms with Crippen LogP contribution in [0, 0.1) is 0 Å². The van der Waals surface area contributed by atoms with E-state index in [1.54, 1.807) is 0 Å². The molecule has 0 aliphatic rings. The topological polar surface area (TPSA) is 13.1 Å². The molecule has 0 bridgehead atoms. The third kappa shape index (κ3) is 11.9. The highest BCUT2D eigenvalue weighted by molar-refractivity contribution is 6.13. The van der Waals surface area contributed by atoms with E-state index >= 15 is 0 Å². The van der Waals surface area contributed by atoms with Gasteiger partial charge in [-0.2, -0.15) is 0 Å². The molecule has 2 heterocycles. The number of anilines is 3. The SMILES string of the molecule is c1ccc(-c2ccc(-c3ccc(N(c4ccc(-c5ccc(-c6ccccc6)cc5)cc4)c4ccc(-c5ccc(-c6cccc(-c7cccc(-c8ccc(-n9c%10ccccc%10c%10cc(-c%11ccc%12c(c%11)c%11ccccc%11n%12-c%11ccc(-c%12ccccc%12)cc%11)ccc%109)cc8)c7)c6)cc5)cc4)cc3)cc2)cc1. The fourth-order valence-electron chi connectivity index (χ4n) is 15.5. The molecule has 0 saturated carbocycles. The first-order chi connectivity index (χ1) is 52.0. The number of aromatic nitrogens is 2. The predicted molar refractivity (Wildman–Crippen MR) is 444 cm³/mol. The van der Waals surface area contributed by atoms with E-state index in [0.717, 1.165) is 39.6 Å². The van der Waals surface area contributed by atoms with Crippen LogP contribution in [0.3, 0.4) is 0 Å². The molecular weight excluding hydrogens is 1270 g/mol. The Labute approximate surface area is 612 Å². The van der Waals surface area contributed by atoms with Crippen molar-refractivity contribution >= 4 is 60.7 Å². The van der Waals surface area contributed by atoms with Gasteiger partial charge in [0.2, 0.25) is 0 Å². The molecule has 0 N–H and O–H groups in total. The van der Waals surface area contributed by atoms with Gasteiger partial charge in [0.05, 0.1) is 22.1 Å². The number of benzene rings is 17. The van der Waals surface area contributed by atoms with Crippen LogP contribution in [0.1, 0.15) is 0 Å². The highest BCUT2D eigenvalue weighted by atomic mass is 15.1. The first-order valence-corrected chi connectivity index (χ1v) is 36.1. The van der Waals surface area contributed by atoms with Crippen molar-refractivity contribution in [2.24, 2.45) is 0 Å². The summed E-state index contributed by atoms with van der Waals surface area (Å²) in [6.45, 7) is 0. The fraction of sp³-hybridized carbons (Fsp3) is 0. The lowest BCUT2D eigenvalue weighted by Crippen LogP contribution is -2.09. The minimum atomic E-state index is 1.08. The lowest BCUT2D eigenvalue weighted by molar-refractivity contribution is 1.18. The van der Waals surface area contributed by atoms with Crippen molar-refractivity contribution in [3.05, 3.63) is 419 Å².